The maximum absolute atomic E-state index is 12.3. The lowest BCUT2D eigenvalue weighted by Gasteiger charge is -2.30. The summed E-state index contributed by atoms with van der Waals surface area (Å²) in [7, 11) is 3.64. The molecule has 154 valence electrons. The average molecular weight is 397 g/mol. The van der Waals surface area contributed by atoms with Gasteiger partial charge in [0.2, 0.25) is 0 Å². The van der Waals surface area contributed by atoms with Crippen molar-refractivity contribution in [3.63, 3.8) is 0 Å². The Morgan fingerprint density at radius 1 is 1.17 bits per heavy atom. The zero-order valence-corrected chi connectivity index (χ0v) is 16.7. The summed E-state index contributed by atoms with van der Waals surface area (Å²) in [5, 5.41) is 5.54. The Hall–Kier alpha value is -2.80. The molecule has 2 amide bonds. The zero-order chi connectivity index (χ0) is 20.4. The topological polar surface area (TPSA) is 79.9 Å². The van der Waals surface area contributed by atoms with Crippen LogP contribution in [0.2, 0.25) is 0 Å². The third-order valence-corrected chi connectivity index (χ3v) is 6.24. The van der Waals surface area contributed by atoms with Gasteiger partial charge in [-0.25, -0.2) is 9.59 Å². The fourth-order valence-corrected chi connectivity index (χ4v) is 4.97. The van der Waals surface area contributed by atoms with Gasteiger partial charge in [0.25, 0.3) is 0 Å². The Labute approximate surface area is 170 Å². The van der Waals surface area contributed by atoms with Gasteiger partial charge in [0.1, 0.15) is 12.4 Å². The first-order chi connectivity index (χ1) is 14.1. The second-order valence-electron chi connectivity index (χ2n) is 7.85. The Kier molecular flexibility index (Phi) is 5.58. The van der Waals surface area contributed by atoms with Crippen molar-refractivity contribution in [1.29, 1.82) is 0 Å². The van der Waals surface area contributed by atoms with Crippen LogP contribution in [0, 0.1) is 11.8 Å². The van der Waals surface area contributed by atoms with Gasteiger partial charge in [-0.15, -0.1) is 0 Å². The van der Waals surface area contributed by atoms with E-state index in [1.165, 1.54) is 0 Å². The molecule has 2 N–H and O–H groups in total. The van der Waals surface area contributed by atoms with E-state index >= 15 is 0 Å². The smallest absolute Gasteiger partial charge is 0.412 e. The number of hydrogen-bond acceptors (Lipinski definition) is 5. The molecule has 0 spiro atoms. The van der Waals surface area contributed by atoms with Crippen LogP contribution in [0.4, 0.5) is 9.59 Å². The summed E-state index contributed by atoms with van der Waals surface area (Å²) in [6.07, 6.45) is 7.07. The number of fused-ring (bicyclic) bond motifs is 3. The van der Waals surface area contributed by atoms with Crippen LogP contribution in [-0.2, 0) is 16.1 Å². The molecule has 0 aromatic heterocycles. The van der Waals surface area contributed by atoms with Crippen LogP contribution in [0.25, 0.3) is 0 Å². The van der Waals surface area contributed by atoms with Crippen molar-refractivity contribution < 1.29 is 19.1 Å². The molecule has 1 saturated carbocycles. The van der Waals surface area contributed by atoms with Crippen molar-refractivity contribution >= 4 is 12.2 Å². The van der Waals surface area contributed by atoms with Crippen molar-refractivity contribution in [1.82, 2.24) is 15.5 Å². The summed E-state index contributed by atoms with van der Waals surface area (Å²) in [5.74, 6) is 1.25. The van der Waals surface area contributed by atoms with E-state index in [-0.39, 0.29) is 36.7 Å². The van der Waals surface area contributed by atoms with E-state index in [4.69, 9.17) is 9.47 Å². The first-order valence-corrected chi connectivity index (χ1v) is 10.1. The fraction of sp³-hybridized carbons (Fsp3) is 0.455. The van der Waals surface area contributed by atoms with Gasteiger partial charge in [-0.1, -0.05) is 36.4 Å². The number of benzene rings is 1. The third-order valence-electron chi connectivity index (χ3n) is 6.24. The minimum absolute atomic E-state index is 0.0454. The van der Waals surface area contributed by atoms with Crippen molar-refractivity contribution in [3.8, 4) is 0 Å². The average Bonchev–Trinajstić information content (AvgIpc) is 3.27. The fourth-order valence-electron chi connectivity index (χ4n) is 4.97. The highest BCUT2D eigenvalue weighted by Crippen LogP contribution is 2.47. The molecule has 4 rings (SSSR count). The van der Waals surface area contributed by atoms with Gasteiger partial charge in [-0.05, 0) is 43.5 Å². The lowest BCUT2D eigenvalue weighted by atomic mass is 9.85. The third kappa shape index (κ3) is 4.00. The van der Waals surface area contributed by atoms with Crippen LogP contribution in [0.15, 0.2) is 54.3 Å². The van der Waals surface area contributed by atoms with Crippen LogP contribution >= 0.6 is 0 Å². The Morgan fingerprint density at radius 2 is 1.97 bits per heavy atom. The van der Waals surface area contributed by atoms with Gasteiger partial charge in [0.15, 0.2) is 0 Å². The first-order valence-electron chi connectivity index (χ1n) is 10.1. The summed E-state index contributed by atoms with van der Waals surface area (Å²) in [6.45, 7) is 0.264. The second-order valence-corrected chi connectivity index (χ2v) is 7.85. The molecule has 5 atom stereocenters. The number of nitrogens with zero attached hydrogens (tertiary/aromatic N) is 1. The number of likely N-dealkylation sites (tertiary alicyclic amines) is 1. The monoisotopic (exact) mass is 397 g/mol. The van der Waals surface area contributed by atoms with E-state index in [2.05, 4.69) is 34.7 Å². The predicted molar refractivity (Wildman–Crippen MR) is 108 cm³/mol. The number of rotatable bonds is 4. The number of hydrogen-bond donors (Lipinski definition) is 2. The predicted octanol–water partition coefficient (Wildman–Crippen LogP) is 2.80. The number of ether oxygens (including phenoxy) is 2. The maximum atomic E-state index is 12.3. The molecule has 2 aliphatic carbocycles. The Morgan fingerprint density at radius 3 is 2.72 bits per heavy atom. The number of nitrogens with one attached hydrogen (secondary N) is 2. The molecular formula is C22H27N3O4. The van der Waals surface area contributed by atoms with E-state index in [1.54, 1.807) is 7.05 Å². The minimum Gasteiger partial charge on any atom is -0.445 e. The van der Waals surface area contributed by atoms with Crippen LogP contribution < -0.4 is 10.6 Å². The van der Waals surface area contributed by atoms with Crippen molar-refractivity contribution in [3.05, 3.63) is 59.9 Å². The van der Waals surface area contributed by atoms with Gasteiger partial charge < -0.3 is 20.1 Å². The molecule has 2 fully saturated rings. The summed E-state index contributed by atoms with van der Waals surface area (Å²) in [6, 6.07) is 10.2. The molecule has 5 unspecified atom stereocenters. The number of carbonyl (C=O) groups is 2. The lowest BCUT2D eigenvalue weighted by molar-refractivity contribution is 0.128. The number of alkyl carbamates (subject to hydrolysis) is 2. The molecule has 0 bridgehead atoms. The number of likely N-dealkylation sites (N-methyl/N-ethyl adjacent to an activating group) is 1. The molecule has 29 heavy (non-hydrogen) atoms. The molecule has 1 heterocycles. The maximum Gasteiger partial charge on any atom is 0.412 e. The van der Waals surface area contributed by atoms with E-state index in [9.17, 15) is 9.59 Å². The summed E-state index contributed by atoms with van der Waals surface area (Å²) < 4.78 is 10.7. The lowest BCUT2D eigenvalue weighted by Crippen LogP contribution is -2.48. The van der Waals surface area contributed by atoms with Crippen LogP contribution in [0.1, 0.15) is 18.4 Å². The number of carbonyl (C=O) groups excluding carboxylic acids is 2. The molecule has 0 radical (unpaired) electrons. The summed E-state index contributed by atoms with van der Waals surface area (Å²) >= 11 is 0. The molecule has 1 aromatic rings. The standard InChI is InChI=1S/C22H27N3O4/c1-23-21(26)29-15-8-11-19-17(12-15)16-9-10-18(20(16)25(19)2)24-22(27)28-13-14-6-4-3-5-7-14/h3-8,11-12,16-20H,9-10,13H2,1-2H3,(H,23,26)(H,24,27). The van der Waals surface area contributed by atoms with E-state index < -0.39 is 6.09 Å². The molecular weight excluding hydrogens is 370 g/mol. The van der Waals surface area contributed by atoms with E-state index in [0.29, 0.717) is 11.7 Å². The van der Waals surface area contributed by atoms with Gasteiger partial charge in [-0.3, -0.25) is 4.90 Å². The van der Waals surface area contributed by atoms with Crippen LogP contribution in [0.3, 0.4) is 0 Å². The van der Waals surface area contributed by atoms with Gasteiger partial charge >= 0.3 is 12.2 Å². The number of allylic oxidation sites excluding steroid dienone is 1. The Bertz CT molecular complexity index is 823. The van der Waals surface area contributed by atoms with Crippen LogP contribution in [0.5, 0.6) is 0 Å². The van der Waals surface area contributed by atoms with E-state index in [0.717, 1.165) is 18.4 Å². The highest BCUT2D eigenvalue weighted by molar-refractivity contribution is 5.69. The number of amides is 2. The van der Waals surface area contributed by atoms with E-state index in [1.807, 2.05) is 36.4 Å². The van der Waals surface area contributed by atoms with Crippen LogP contribution in [-0.4, -0.2) is 49.3 Å². The molecule has 3 aliphatic rings. The first kappa shape index (κ1) is 19.5. The minimum atomic E-state index is -0.464. The van der Waals surface area contributed by atoms with Gasteiger partial charge in [-0.2, -0.15) is 0 Å². The Balaban J connectivity index is 1.38. The van der Waals surface area contributed by atoms with Gasteiger partial charge in [0, 0.05) is 31.1 Å². The largest absolute Gasteiger partial charge is 0.445 e. The quantitative estimate of drug-likeness (QED) is 0.817. The molecule has 7 nitrogen and oxygen atoms in total. The highest BCUT2D eigenvalue weighted by atomic mass is 16.6. The summed E-state index contributed by atoms with van der Waals surface area (Å²) in [5.41, 5.74) is 0.967. The van der Waals surface area contributed by atoms with Crippen molar-refractivity contribution in [2.24, 2.45) is 11.8 Å². The van der Waals surface area contributed by atoms with Crippen molar-refractivity contribution in [2.75, 3.05) is 14.1 Å². The van der Waals surface area contributed by atoms with Gasteiger partial charge in [0.05, 0.1) is 0 Å². The second kappa shape index (κ2) is 8.29. The SMILES string of the molecule is CNC(=O)OC1=CC2C3CCC(NC(=O)OCc4ccccc4)C3N(C)C2C=C1. The molecule has 1 saturated heterocycles. The molecule has 7 heteroatoms. The molecule has 1 aliphatic heterocycles. The molecule has 1 aromatic carbocycles. The normalized spacial score (nSPS) is 30.1. The highest BCUT2D eigenvalue weighted by Gasteiger charge is 2.52. The summed E-state index contributed by atoms with van der Waals surface area (Å²) in [4.78, 5) is 26.2. The zero-order valence-electron chi connectivity index (χ0n) is 16.7. The van der Waals surface area contributed by atoms with Crippen molar-refractivity contribution in [2.45, 2.75) is 37.6 Å².